The van der Waals surface area contributed by atoms with Crippen LogP contribution in [0.1, 0.15) is 5.56 Å². The SMILES string of the molecule is Cl.O.OC(Cn1cncn1)(Cn1cncn1)c1ccc(F)cc1F. The summed E-state index contributed by atoms with van der Waals surface area (Å²) in [5.41, 5.74) is -1.75. The van der Waals surface area contributed by atoms with Gasteiger partial charge in [-0.15, -0.1) is 12.4 Å². The second-order valence-electron chi connectivity index (χ2n) is 4.84. The predicted molar refractivity (Wildman–Crippen MR) is 81.2 cm³/mol. The Morgan fingerprint density at radius 3 is 1.96 bits per heavy atom. The Balaban J connectivity index is 0.00000144. The normalized spacial score (nSPS) is 10.8. The highest BCUT2D eigenvalue weighted by molar-refractivity contribution is 5.85. The maximum absolute atomic E-state index is 14.1. The molecule has 8 nitrogen and oxygen atoms in total. The van der Waals surface area contributed by atoms with Crippen molar-refractivity contribution in [3.05, 3.63) is 60.7 Å². The summed E-state index contributed by atoms with van der Waals surface area (Å²) in [4.78, 5) is 7.57. The van der Waals surface area contributed by atoms with Crippen LogP contribution in [0.4, 0.5) is 8.78 Å². The molecule has 0 saturated carbocycles. The molecule has 1 aromatic carbocycles. The monoisotopic (exact) mass is 360 g/mol. The molecule has 3 rings (SSSR count). The third kappa shape index (κ3) is 4.10. The first kappa shape index (κ1) is 19.6. The molecule has 0 amide bonds. The molecule has 0 saturated heterocycles. The number of benzene rings is 1. The molecule has 0 atom stereocenters. The standard InChI is InChI=1S/C13H12F2N6O.ClH.H2O/c14-10-1-2-11(12(15)3-10)13(22,4-20-8-16-6-18-20)5-21-9-17-7-19-21;;/h1-3,6-9,22H,4-5H2;1H;1H2. The molecular formula is C13H15ClF2N6O2. The van der Waals surface area contributed by atoms with Crippen molar-refractivity contribution in [3.8, 4) is 0 Å². The minimum absolute atomic E-state index is 0. The van der Waals surface area contributed by atoms with E-state index in [0.29, 0.717) is 0 Å². The third-order valence-corrected chi connectivity index (χ3v) is 3.21. The fraction of sp³-hybridized carbons (Fsp3) is 0.231. The molecule has 2 heterocycles. The van der Waals surface area contributed by atoms with Crippen LogP contribution in [0.2, 0.25) is 0 Å². The number of nitrogens with zero attached hydrogens (tertiary/aromatic N) is 6. The van der Waals surface area contributed by atoms with Crippen molar-refractivity contribution in [2.24, 2.45) is 0 Å². The molecule has 2 aromatic heterocycles. The highest BCUT2D eigenvalue weighted by atomic mass is 35.5. The lowest BCUT2D eigenvalue weighted by Crippen LogP contribution is -2.37. The van der Waals surface area contributed by atoms with E-state index in [1.807, 2.05) is 0 Å². The Kier molecular flexibility index (Phi) is 6.46. The Hall–Kier alpha value is -2.43. The second kappa shape index (κ2) is 7.90. The van der Waals surface area contributed by atoms with E-state index >= 15 is 0 Å². The van der Waals surface area contributed by atoms with Crippen molar-refractivity contribution in [2.75, 3.05) is 0 Å². The zero-order valence-corrected chi connectivity index (χ0v) is 13.1. The summed E-state index contributed by atoms with van der Waals surface area (Å²) in [6.07, 6.45) is 5.40. The van der Waals surface area contributed by atoms with Crippen molar-refractivity contribution in [2.45, 2.75) is 18.7 Å². The Morgan fingerprint density at radius 2 is 1.54 bits per heavy atom. The summed E-state index contributed by atoms with van der Waals surface area (Å²) < 4.78 is 29.9. The summed E-state index contributed by atoms with van der Waals surface area (Å²) in [6.45, 7) is -0.148. The maximum Gasteiger partial charge on any atom is 0.137 e. The van der Waals surface area contributed by atoms with Gasteiger partial charge in [-0.2, -0.15) is 10.2 Å². The Morgan fingerprint density at radius 1 is 1.00 bits per heavy atom. The van der Waals surface area contributed by atoms with Crippen molar-refractivity contribution in [1.29, 1.82) is 0 Å². The van der Waals surface area contributed by atoms with Crippen LogP contribution in [-0.4, -0.2) is 40.1 Å². The predicted octanol–water partition coefficient (Wildman–Crippen LogP) is 0.333. The van der Waals surface area contributed by atoms with Crippen LogP contribution in [-0.2, 0) is 18.7 Å². The van der Waals surface area contributed by atoms with Crippen molar-refractivity contribution in [1.82, 2.24) is 29.5 Å². The number of hydrogen-bond acceptors (Lipinski definition) is 5. The fourth-order valence-corrected chi connectivity index (χ4v) is 2.25. The van der Waals surface area contributed by atoms with E-state index in [-0.39, 0.29) is 36.5 Å². The van der Waals surface area contributed by atoms with E-state index in [9.17, 15) is 13.9 Å². The summed E-state index contributed by atoms with van der Waals surface area (Å²) in [7, 11) is 0. The van der Waals surface area contributed by atoms with Gasteiger partial charge in [0, 0.05) is 11.6 Å². The van der Waals surface area contributed by atoms with E-state index < -0.39 is 17.2 Å². The minimum atomic E-state index is -1.70. The highest BCUT2D eigenvalue weighted by Gasteiger charge is 2.34. The van der Waals surface area contributed by atoms with Crippen LogP contribution in [0.3, 0.4) is 0 Å². The largest absolute Gasteiger partial charge is 0.412 e. The molecule has 130 valence electrons. The molecule has 0 bridgehead atoms. The van der Waals surface area contributed by atoms with Crippen molar-refractivity contribution >= 4 is 12.4 Å². The van der Waals surface area contributed by atoms with Gasteiger partial charge in [-0.05, 0) is 6.07 Å². The van der Waals surface area contributed by atoms with Crippen LogP contribution in [0.25, 0.3) is 0 Å². The van der Waals surface area contributed by atoms with E-state index in [2.05, 4.69) is 20.2 Å². The first-order chi connectivity index (χ1) is 10.6. The smallest absolute Gasteiger partial charge is 0.137 e. The van der Waals surface area contributed by atoms with Gasteiger partial charge in [0.25, 0.3) is 0 Å². The second-order valence-corrected chi connectivity index (χ2v) is 4.84. The quantitative estimate of drug-likeness (QED) is 0.704. The molecule has 0 radical (unpaired) electrons. The van der Waals surface area contributed by atoms with Gasteiger partial charge in [0.2, 0.25) is 0 Å². The van der Waals surface area contributed by atoms with Gasteiger partial charge in [-0.1, -0.05) is 6.07 Å². The van der Waals surface area contributed by atoms with E-state index in [0.717, 1.165) is 12.1 Å². The molecule has 0 spiro atoms. The topological polar surface area (TPSA) is 113 Å². The number of aliphatic hydroxyl groups is 1. The van der Waals surface area contributed by atoms with Gasteiger partial charge < -0.3 is 10.6 Å². The van der Waals surface area contributed by atoms with Crippen molar-refractivity contribution in [3.63, 3.8) is 0 Å². The lowest BCUT2D eigenvalue weighted by molar-refractivity contribution is -0.00855. The highest BCUT2D eigenvalue weighted by Crippen LogP contribution is 2.28. The average molecular weight is 361 g/mol. The van der Waals surface area contributed by atoms with Crippen LogP contribution in [0.15, 0.2) is 43.5 Å². The first-order valence-electron chi connectivity index (χ1n) is 6.39. The minimum Gasteiger partial charge on any atom is -0.412 e. The molecule has 0 aliphatic rings. The van der Waals surface area contributed by atoms with Gasteiger partial charge >= 0.3 is 0 Å². The fourth-order valence-electron chi connectivity index (χ4n) is 2.25. The average Bonchev–Trinajstić information content (AvgIpc) is 3.12. The van der Waals surface area contributed by atoms with Gasteiger partial charge in [0.1, 0.15) is 42.5 Å². The lowest BCUT2D eigenvalue weighted by atomic mass is 9.93. The molecule has 3 N–H and O–H groups in total. The molecular weight excluding hydrogens is 346 g/mol. The Labute approximate surface area is 141 Å². The zero-order chi connectivity index (χ0) is 15.6. The van der Waals surface area contributed by atoms with E-state index in [1.54, 1.807) is 0 Å². The van der Waals surface area contributed by atoms with E-state index in [1.165, 1.54) is 40.7 Å². The molecule has 0 fully saturated rings. The number of rotatable bonds is 5. The summed E-state index contributed by atoms with van der Waals surface area (Å²) in [5.74, 6) is -1.56. The summed E-state index contributed by atoms with van der Waals surface area (Å²) in [5, 5.41) is 18.8. The Bertz CT molecular complexity index is 718. The molecule has 11 heteroatoms. The maximum atomic E-state index is 14.1. The van der Waals surface area contributed by atoms with Gasteiger partial charge in [-0.25, -0.2) is 28.1 Å². The zero-order valence-electron chi connectivity index (χ0n) is 12.3. The molecule has 0 aliphatic heterocycles. The van der Waals surface area contributed by atoms with Crippen molar-refractivity contribution < 1.29 is 19.4 Å². The number of halogens is 3. The van der Waals surface area contributed by atoms with Crippen LogP contribution >= 0.6 is 12.4 Å². The van der Waals surface area contributed by atoms with Crippen LogP contribution in [0.5, 0.6) is 0 Å². The van der Waals surface area contributed by atoms with Gasteiger partial charge in [0.15, 0.2) is 0 Å². The molecule has 0 aliphatic carbocycles. The van der Waals surface area contributed by atoms with E-state index in [4.69, 9.17) is 0 Å². The molecule has 0 unspecified atom stereocenters. The van der Waals surface area contributed by atoms with Gasteiger partial charge in [-0.3, -0.25) is 0 Å². The number of hydrogen-bond donors (Lipinski definition) is 1. The molecule has 3 aromatic rings. The summed E-state index contributed by atoms with van der Waals surface area (Å²) in [6, 6.07) is 3.02. The molecule has 24 heavy (non-hydrogen) atoms. The summed E-state index contributed by atoms with van der Waals surface area (Å²) >= 11 is 0. The first-order valence-corrected chi connectivity index (χ1v) is 6.39. The van der Waals surface area contributed by atoms with Crippen LogP contribution in [0, 0.1) is 11.6 Å². The number of aromatic nitrogens is 6. The lowest BCUT2D eigenvalue weighted by Gasteiger charge is -2.28. The third-order valence-electron chi connectivity index (χ3n) is 3.21. The van der Waals surface area contributed by atoms with Crippen LogP contribution < -0.4 is 0 Å². The van der Waals surface area contributed by atoms with Gasteiger partial charge in [0.05, 0.1) is 13.1 Å².